The van der Waals surface area contributed by atoms with Crippen LogP contribution in [-0.4, -0.2) is 41.9 Å². The van der Waals surface area contributed by atoms with Crippen LogP contribution in [-0.2, 0) is 25.5 Å². The van der Waals surface area contributed by atoms with Crippen LogP contribution in [0.25, 0.3) is 0 Å². The number of aliphatic imine (C=N–C) groups is 1. The maximum absolute atomic E-state index is 13.2. The average Bonchev–Trinajstić information content (AvgIpc) is 2.77. The van der Waals surface area contributed by atoms with Crippen LogP contribution in [0.2, 0.25) is 0 Å². The molecule has 2 aliphatic heterocycles. The molecular weight excluding hydrogens is 368 g/mol. The summed E-state index contributed by atoms with van der Waals surface area (Å²) in [4.78, 5) is 30.0. The van der Waals surface area contributed by atoms with Crippen LogP contribution in [0.5, 0.6) is 0 Å². The van der Waals surface area contributed by atoms with Crippen molar-refractivity contribution in [2.24, 2.45) is 4.99 Å². The number of hydrogen-bond donors (Lipinski definition) is 0. The van der Waals surface area contributed by atoms with Crippen LogP contribution in [0.15, 0.2) is 35.6 Å². The second-order valence-corrected chi connectivity index (χ2v) is 9.68. The highest BCUT2D eigenvalue weighted by Crippen LogP contribution is 2.44. The molecule has 0 aliphatic carbocycles. The number of carbonyl (C=O) groups excluding carboxylic acids is 2. The summed E-state index contributed by atoms with van der Waals surface area (Å²) in [6.07, 6.45) is 6.18. The lowest BCUT2D eigenvalue weighted by molar-refractivity contribution is -0.161. The lowest BCUT2D eigenvalue weighted by atomic mass is 10.1. The maximum atomic E-state index is 13.2. The Balaban J connectivity index is 1.99. The Labute approximate surface area is 172 Å². The molecule has 2 heterocycles. The summed E-state index contributed by atoms with van der Waals surface area (Å²) in [7, 11) is 0. The standard InChI is InChI=1S/C23H31N2O4/c1-22(2,3)28-19(26)10-12-25-13-11-24-15-17-9-7-8-16(20(17)25)14-18(25)21(27)29-23(4,5)6/h7-9,11,13,15,18H,10,12,14H2,1-6H3/q+1/t18?,25-/m1/s1. The minimum absolute atomic E-state index is 0.189. The van der Waals surface area contributed by atoms with Gasteiger partial charge in [0.05, 0.1) is 24.7 Å². The Morgan fingerprint density at radius 3 is 2.45 bits per heavy atom. The molecule has 29 heavy (non-hydrogen) atoms. The maximum Gasteiger partial charge on any atom is 0.366 e. The second-order valence-electron chi connectivity index (χ2n) is 9.68. The topological polar surface area (TPSA) is 65.0 Å². The summed E-state index contributed by atoms with van der Waals surface area (Å²) in [5.41, 5.74) is 1.93. The van der Waals surface area contributed by atoms with Crippen LogP contribution >= 0.6 is 0 Å². The normalized spacial score (nSPS) is 22.8. The average molecular weight is 400 g/mol. The summed E-state index contributed by atoms with van der Waals surface area (Å²) < 4.78 is 11.5. The molecule has 2 atom stereocenters. The first-order chi connectivity index (χ1) is 13.4. The third-order valence-electron chi connectivity index (χ3n) is 4.95. The van der Waals surface area contributed by atoms with E-state index < -0.39 is 17.2 Å². The van der Waals surface area contributed by atoms with Gasteiger partial charge in [0.25, 0.3) is 0 Å². The fourth-order valence-corrected chi connectivity index (χ4v) is 4.03. The van der Waals surface area contributed by atoms with E-state index in [0.29, 0.717) is 13.0 Å². The molecule has 1 aromatic carbocycles. The van der Waals surface area contributed by atoms with Crippen molar-refractivity contribution in [2.75, 3.05) is 6.54 Å². The number of nitrogens with zero attached hydrogens (tertiary/aromatic N) is 2. The van der Waals surface area contributed by atoms with E-state index in [1.807, 2.05) is 65.9 Å². The smallest absolute Gasteiger partial charge is 0.366 e. The first-order valence-corrected chi connectivity index (χ1v) is 10.1. The van der Waals surface area contributed by atoms with E-state index in [1.54, 1.807) is 12.4 Å². The van der Waals surface area contributed by atoms with E-state index in [2.05, 4.69) is 4.99 Å². The van der Waals surface area contributed by atoms with Crippen molar-refractivity contribution in [3.8, 4) is 0 Å². The highest BCUT2D eigenvalue weighted by molar-refractivity contribution is 5.94. The molecule has 0 bridgehead atoms. The summed E-state index contributed by atoms with van der Waals surface area (Å²) in [5.74, 6) is -0.548. The fraction of sp³-hybridized carbons (Fsp3) is 0.522. The molecule has 0 N–H and O–H groups in total. The zero-order valence-electron chi connectivity index (χ0n) is 18.2. The van der Waals surface area contributed by atoms with Crippen LogP contribution in [0.4, 0.5) is 5.69 Å². The molecule has 1 aromatic rings. The molecule has 0 spiro atoms. The van der Waals surface area contributed by atoms with Crippen molar-refractivity contribution >= 4 is 23.8 Å². The minimum atomic E-state index is -0.587. The van der Waals surface area contributed by atoms with Crippen molar-refractivity contribution in [1.82, 2.24) is 4.48 Å². The van der Waals surface area contributed by atoms with Crippen molar-refractivity contribution in [3.63, 3.8) is 0 Å². The largest absolute Gasteiger partial charge is 0.460 e. The highest BCUT2D eigenvalue weighted by Gasteiger charge is 2.52. The first-order valence-electron chi connectivity index (χ1n) is 10.1. The van der Waals surface area contributed by atoms with Gasteiger partial charge in [-0.05, 0) is 47.6 Å². The van der Waals surface area contributed by atoms with Crippen molar-refractivity contribution in [2.45, 2.75) is 71.6 Å². The molecule has 6 nitrogen and oxygen atoms in total. The highest BCUT2D eigenvalue weighted by atomic mass is 16.6. The van der Waals surface area contributed by atoms with Gasteiger partial charge in [0.15, 0.2) is 5.69 Å². The lowest BCUT2D eigenvalue weighted by Gasteiger charge is -2.36. The van der Waals surface area contributed by atoms with Crippen LogP contribution < -0.4 is 4.48 Å². The molecule has 6 heteroatoms. The third kappa shape index (κ3) is 4.58. The van der Waals surface area contributed by atoms with Gasteiger partial charge in [0.2, 0.25) is 6.04 Å². The number of quaternary nitrogens is 1. The summed E-state index contributed by atoms with van der Waals surface area (Å²) >= 11 is 0. The molecule has 2 aliphatic rings. The Morgan fingerprint density at radius 1 is 1.10 bits per heavy atom. The Kier molecular flexibility index (Phi) is 5.43. The van der Waals surface area contributed by atoms with Gasteiger partial charge >= 0.3 is 11.9 Å². The number of ether oxygens (including phenoxy) is 2. The van der Waals surface area contributed by atoms with Crippen LogP contribution in [0, 0.1) is 0 Å². The van der Waals surface area contributed by atoms with E-state index in [-0.39, 0.29) is 22.8 Å². The van der Waals surface area contributed by atoms with Gasteiger partial charge in [0, 0.05) is 18.2 Å². The number of carbonyl (C=O) groups is 2. The van der Waals surface area contributed by atoms with Crippen molar-refractivity contribution < 1.29 is 19.1 Å². The predicted molar refractivity (Wildman–Crippen MR) is 114 cm³/mol. The molecule has 1 unspecified atom stereocenters. The number of para-hydroxylation sites is 1. The van der Waals surface area contributed by atoms with E-state index in [9.17, 15) is 9.59 Å². The van der Waals surface area contributed by atoms with Gasteiger partial charge in [0.1, 0.15) is 17.4 Å². The van der Waals surface area contributed by atoms with E-state index >= 15 is 0 Å². The second kappa shape index (κ2) is 7.41. The SMILES string of the molecule is CC(C)(C)OC(=O)CC[N@+]12C=CN=Cc3cccc(c31)CC2C(=O)OC(C)(C)C. The Bertz CT molecular complexity index is 874. The van der Waals surface area contributed by atoms with E-state index in [4.69, 9.17) is 9.47 Å². The fourth-order valence-electron chi connectivity index (χ4n) is 4.03. The number of benzene rings is 1. The lowest BCUT2D eigenvalue weighted by Crippen LogP contribution is -2.56. The molecule has 0 aromatic heterocycles. The number of hydrogen-bond acceptors (Lipinski definition) is 5. The van der Waals surface area contributed by atoms with Gasteiger partial charge in [-0.25, -0.2) is 4.79 Å². The summed E-state index contributed by atoms with van der Waals surface area (Å²) in [5, 5.41) is 0. The minimum Gasteiger partial charge on any atom is -0.460 e. The predicted octanol–water partition coefficient (Wildman–Crippen LogP) is 3.90. The van der Waals surface area contributed by atoms with Gasteiger partial charge in [-0.2, -0.15) is 0 Å². The Hall–Kier alpha value is -2.47. The molecule has 156 valence electrons. The Morgan fingerprint density at radius 2 is 1.79 bits per heavy atom. The van der Waals surface area contributed by atoms with Gasteiger partial charge < -0.3 is 9.47 Å². The molecular formula is C23H31N2O4+. The van der Waals surface area contributed by atoms with Crippen molar-refractivity contribution in [1.29, 1.82) is 0 Å². The van der Waals surface area contributed by atoms with Crippen LogP contribution in [0.3, 0.4) is 0 Å². The quantitative estimate of drug-likeness (QED) is 0.569. The first kappa shape index (κ1) is 21.2. The van der Waals surface area contributed by atoms with E-state index in [1.165, 1.54) is 0 Å². The molecule has 3 rings (SSSR count). The molecule has 0 saturated carbocycles. The van der Waals surface area contributed by atoms with Crippen molar-refractivity contribution in [3.05, 3.63) is 41.7 Å². The molecule has 0 radical (unpaired) electrons. The molecule has 0 saturated heterocycles. The van der Waals surface area contributed by atoms with Gasteiger partial charge in [-0.1, -0.05) is 12.1 Å². The third-order valence-corrected chi connectivity index (χ3v) is 4.95. The van der Waals surface area contributed by atoms with Crippen LogP contribution in [0.1, 0.15) is 59.1 Å². The van der Waals surface area contributed by atoms with E-state index in [0.717, 1.165) is 16.8 Å². The zero-order valence-corrected chi connectivity index (χ0v) is 18.2. The monoisotopic (exact) mass is 399 g/mol. The zero-order chi connectivity index (χ0) is 21.4. The number of esters is 2. The summed E-state index contributed by atoms with van der Waals surface area (Å²) in [6, 6.07) is 5.54. The number of rotatable bonds is 4. The summed E-state index contributed by atoms with van der Waals surface area (Å²) in [6.45, 7) is 11.6. The van der Waals surface area contributed by atoms with Gasteiger partial charge in [-0.15, -0.1) is 0 Å². The molecule has 0 amide bonds. The van der Waals surface area contributed by atoms with Gasteiger partial charge in [-0.3, -0.25) is 14.3 Å². The molecule has 0 fully saturated rings.